The molecule has 126 valence electrons. The second kappa shape index (κ2) is 6.84. The molecule has 2 heterocycles. The quantitative estimate of drug-likeness (QED) is 0.796. The van der Waals surface area contributed by atoms with E-state index in [2.05, 4.69) is 44.6 Å². The SMILES string of the molecule is O=C(NC[C@H]1CCCc2ccccc21)c1ccnc(-n2cncn2)c1. The van der Waals surface area contributed by atoms with Crippen LogP contribution in [0.15, 0.2) is 55.2 Å². The largest absolute Gasteiger partial charge is 0.351 e. The van der Waals surface area contributed by atoms with Gasteiger partial charge in [-0.05, 0) is 42.5 Å². The summed E-state index contributed by atoms with van der Waals surface area (Å²) in [6.07, 6.45) is 8.02. The number of hydrogen-bond acceptors (Lipinski definition) is 4. The van der Waals surface area contributed by atoms with Crippen molar-refractivity contribution in [2.45, 2.75) is 25.2 Å². The van der Waals surface area contributed by atoms with Crippen molar-refractivity contribution < 1.29 is 4.79 Å². The van der Waals surface area contributed by atoms with Crippen LogP contribution in [0.5, 0.6) is 0 Å². The van der Waals surface area contributed by atoms with E-state index in [1.54, 1.807) is 24.7 Å². The molecule has 1 aliphatic rings. The summed E-state index contributed by atoms with van der Waals surface area (Å²) in [6, 6.07) is 12.0. The van der Waals surface area contributed by atoms with Crippen LogP contribution in [0.25, 0.3) is 5.82 Å². The van der Waals surface area contributed by atoms with Gasteiger partial charge in [0.2, 0.25) is 0 Å². The maximum atomic E-state index is 12.5. The Bertz CT molecular complexity index is 875. The summed E-state index contributed by atoms with van der Waals surface area (Å²) < 4.78 is 1.54. The lowest BCUT2D eigenvalue weighted by atomic mass is 9.83. The van der Waals surface area contributed by atoms with Crippen LogP contribution in [0, 0.1) is 0 Å². The van der Waals surface area contributed by atoms with E-state index in [0.717, 1.165) is 12.8 Å². The second-order valence-electron chi connectivity index (χ2n) is 6.24. The highest BCUT2D eigenvalue weighted by molar-refractivity contribution is 5.94. The number of carbonyl (C=O) groups is 1. The van der Waals surface area contributed by atoms with Gasteiger partial charge in [-0.15, -0.1) is 0 Å². The van der Waals surface area contributed by atoms with Crippen molar-refractivity contribution in [1.82, 2.24) is 25.1 Å². The summed E-state index contributed by atoms with van der Waals surface area (Å²) in [7, 11) is 0. The van der Waals surface area contributed by atoms with Gasteiger partial charge in [-0.1, -0.05) is 24.3 Å². The van der Waals surface area contributed by atoms with Crippen molar-refractivity contribution in [2.75, 3.05) is 6.54 Å². The van der Waals surface area contributed by atoms with Gasteiger partial charge in [-0.2, -0.15) is 5.10 Å². The summed E-state index contributed by atoms with van der Waals surface area (Å²) >= 11 is 0. The van der Waals surface area contributed by atoms with Crippen LogP contribution in [0.4, 0.5) is 0 Å². The Morgan fingerprint density at radius 3 is 3.08 bits per heavy atom. The van der Waals surface area contributed by atoms with Crippen molar-refractivity contribution in [3.63, 3.8) is 0 Å². The number of rotatable bonds is 4. The van der Waals surface area contributed by atoms with Gasteiger partial charge < -0.3 is 5.32 Å². The van der Waals surface area contributed by atoms with Crippen molar-refractivity contribution in [1.29, 1.82) is 0 Å². The third-order valence-corrected chi connectivity index (χ3v) is 4.66. The van der Waals surface area contributed by atoms with Gasteiger partial charge in [0, 0.05) is 24.2 Å². The fourth-order valence-electron chi connectivity index (χ4n) is 3.40. The topological polar surface area (TPSA) is 72.7 Å². The number of hydrogen-bond donors (Lipinski definition) is 1. The molecule has 0 saturated heterocycles. The van der Waals surface area contributed by atoms with E-state index in [4.69, 9.17) is 0 Å². The van der Waals surface area contributed by atoms with Crippen molar-refractivity contribution in [3.8, 4) is 5.82 Å². The molecule has 0 spiro atoms. The van der Waals surface area contributed by atoms with Crippen LogP contribution in [-0.4, -0.2) is 32.2 Å². The van der Waals surface area contributed by atoms with E-state index < -0.39 is 0 Å². The van der Waals surface area contributed by atoms with Crippen LogP contribution in [-0.2, 0) is 6.42 Å². The first-order chi connectivity index (χ1) is 12.3. The van der Waals surface area contributed by atoms with Crippen LogP contribution >= 0.6 is 0 Å². The standard InChI is InChI=1S/C19H19N5O/c25-19(15-8-9-21-18(10-15)24-13-20-12-23-24)22-11-16-6-3-5-14-4-1-2-7-17(14)16/h1-2,4,7-10,12-13,16H,3,5-6,11H2,(H,22,25)/t16-/m1/s1. The molecule has 1 aliphatic carbocycles. The molecule has 1 amide bonds. The number of aromatic nitrogens is 4. The van der Waals surface area contributed by atoms with E-state index in [-0.39, 0.29) is 5.91 Å². The van der Waals surface area contributed by atoms with Crippen LogP contribution in [0.2, 0.25) is 0 Å². The monoisotopic (exact) mass is 333 g/mol. The Balaban J connectivity index is 1.46. The zero-order chi connectivity index (χ0) is 17.1. The number of benzene rings is 1. The molecule has 1 N–H and O–H groups in total. The van der Waals surface area contributed by atoms with Crippen molar-refractivity contribution >= 4 is 5.91 Å². The summed E-state index contributed by atoms with van der Waals surface area (Å²) in [5.41, 5.74) is 3.35. The Labute approximate surface area is 145 Å². The van der Waals surface area contributed by atoms with E-state index in [1.807, 2.05) is 0 Å². The van der Waals surface area contributed by atoms with Gasteiger partial charge >= 0.3 is 0 Å². The summed E-state index contributed by atoms with van der Waals surface area (Å²) in [4.78, 5) is 20.7. The summed E-state index contributed by atoms with van der Waals surface area (Å²) in [5.74, 6) is 0.866. The minimum atomic E-state index is -0.0909. The molecule has 0 fully saturated rings. The van der Waals surface area contributed by atoms with Crippen LogP contribution in [0.3, 0.4) is 0 Å². The molecule has 0 aliphatic heterocycles. The zero-order valence-corrected chi connectivity index (χ0v) is 13.8. The highest BCUT2D eigenvalue weighted by Gasteiger charge is 2.20. The molecule has 6 heteroatoms. The Kier molecular flexibility index (Phi) is 4.24. The van der Waals surface area contributed by atoms with Gasteiger partial charge in [-0.3, -0.25) is 4.79 Å². The van der Waals surface area contributed by atoms with Crippen molar-refractivity contribution in [3.05, 3.63) is 71.9 Å². The van der Waals surface area contributed by atoms with Crippen LogP contribution < -0.4 is 5.32 Å². The third-order valence-electron chi connectivity index (χ3n) is 4.66. The first kappa shape index (κ1) is 15.5. The first-order valence-corrected chi connectivity index (χ1v) is 8.48. The molecule has 4 rings (SSSR count). The molecular weight excluding hydrogens is 314 g/mol. The predicted molar refractivity (Wildman–Crippen MR) is 93.6 cm³/mol. The number of nitrogens with zero attached hydrogens (tertiary/aromatic N) is 4. The number of amides is 1. The molecule has 3 aromatic rings. The highest BCUT2D eigenvalue weighted by Crippen LogP contribution is 2.30. The average molecular weight is 333 g/mol. The lowest BCUT2D eigenvalue weighted by molar-refractivity contribution is 0.0950. The Hall–Kier alpha value is -3.02. The summed E-state index contributed by atoms with van der Waals surface area (Å²) in [5, 5.41) is 7.11. The molecule has 0 radical (unpaired) electrons. The molecule has 1 aromatic carbocycles. The molecule has 0 bridgehead atoms. The Morgan fingerprint density at radius 1 is 1.28 bits per heavy atom. The minimum Gasteiger partial charge on any atom is -0.351 e. The van der Waals surface area contributed by atoms with Gasteiger partial charge in [0.05, 0.1) is 0 Å². The molecule has 25 heavy (non-hydrogen) atoms. The number of pyridine rings is 1. The van der Waals surface area contributed by atoms with E-state index in [1.165, 1.54) is 28.6 Å². The minimum absolute atomic E-state index is 0.0909. The number of aryl methyl sites for hydroxylation is 1. The smallest absolute Gasteiger partial charge is 0.251 e. The summed E-state index contributed by atoms with van der Waals surface area (Å²) in [6.45, 7) is 0.650. The second-order valence-corrected chi connectivity index (χ2v) is 6.24. The molecule has 0 saturated carbocycles. The van der Waals surface area contributed by atoms with E-state index >= 15 is 0 Å². The lowest BCUT2D eigenvalue weighted by Gasteiger charge is -2.25. The van der Waals surface area contributed by atoms with Gasteiger partial charge in [0.15, 0.2) is 5.82 Å². The first-order valence-electron chi connectivity index (χ1n) is 8.48. The van der Waals surface area contributed by atoms with Gasteiger partial charge in [-0.25, -0.2) is 14.6 Å². The fraction of sp³-hybridized carbons (Fsp3) is 0.263. The third kappa shape index (κ3) is 3.28. The van der Waals surface area contributed by atoms with Crippen molar-refractivity contribution in [2.24, 2.45) is 0 Å². The van der Waals surface area contributed by atoms with Crippen LogP contribution in [0.1, 0.15) is 40.2 Å². The zero-order valence-electron chi connectivity index (χ0n) is 13.8. The van der Waals surface area contributed by atoms with E-state index in [9.17, 15) is 4.79 Å². The molecule has 1 atom stereocenters. The molecular formula is C19H19N5O. The molecule has 2 aromatic heterocycles. The number of fused-ring (bicyclic) bond motifs is 1. The highest BCUT2D eigenvalue weighted by atomic mass is 16.1. The van der Waals surface area contributed by atoms with Gasteiger partial charge in [0.25, 0.3) is 5.91 Å². The normalized spacial score (nSPS) is 16.2. The fourth-order valence-corrected chi connectivity index (χ4v) is 3.40. The van der Waals surface area contributed by atoms with E-state index in [0.29, 0.717) is 23.8 Å². The molecule has 0 unspecified atom stereocenters. The maximum absolute atomic E-state index is 12.5. The maximum Gasteiger partial charge on any atom is 0.251 e. The van der Waals surface area contributed by atoms with Gasteiger partial charge in [0.1, 0.15) is 12.7 Å². The number of nitrogens with one attached hydrogen (secondary N) is 1. The Morgan fingerprint density at radius 2 is 2.20 bits per heavy atom. The molecule has 6 nitrogen and oxygen atoms in total. The number of carbonyl (C=O) groups excluding carboxylic acids is 1. The average Bonchev–Trinajstić information content (AvgIpc) is 3.21. The predicted octanol–water partition coefficient (Wildman–Crippen LogP) is 2.51. The lowest BCUT2D eigenvalue weighted by Crippen LogP contribution is -2.30.